The average Bonchev–Trinajstić information content (AvgIpc) is 0.773. The Bertz CT molecular complexity index is 4410. The first-order chi connectivity index (χ1) is 55.0. The molecule has 1 heterocycles. The SMILES string of the molecule is CCc1c(CC)c2c(CC)c(c1CC)CNC(=O)Nc1cc(C(=O)NC(CC[C-]=O)(CC[C-]=O)CC[C-]=O)ccc1NC(=O)NCc1c(CC)c(CNC(=O)Nc3ccc(C(=O)NC(CC[C-]=O)(CC[C-]=O)CC[C-]=O)cc3NC(N)=O)c(CC)c(c1CC)CNC(=O)Nc1ccc(C(=O)NCCCN=[N+]=[N-])cc1NC(=O)NC2.[Na+].[Na+].[Na+].[Na+].[Na+].[Na+].[OH-].[OH-].[OH-].[OH-].[OH-].[OH-]. The molecule has 0 unspecified atom stereocenters. The minimum atomic E-state index is -1.27. The average molecular weight is 1810 g/mol. The van der Waals surface area contributed by atoms with Gasteiger partial charge in [0.2, 0.25) is 0 Å². The Morgan fingerprint density at radius 3 is 1.03 bits per heavy atom. The van der Waals surface area contributed by atoms with Crippen molar-refractivity contribution in [2.75, 3.05) is 45.0 Å². The molecule has 6 rings (SSSR count). The Kier molecular flexibility index (Phi) is 72.7. The third-order valence-corrected chi connectivity index (χ3v) is 20.1. The number of azide groups is 1. The molecule has 4 bridgehead atoms. The number of nitrogens with zero attached hydrogens (tertiary/aromatic N) is 3. The van der Waals surface area contributed by atoms with Crippen LogP contribution in [0.25, 0.3) is 10.4 Å². The zero-order valence-corrected chi connectivity index (χ0v) is 86.0. The molecule has 5 aromatic rings. The number of carbonyl (C=O) groups is 9. The first-order valence-electron chi connectivity index (χ1n) is 38.1. The number of rotatable bonds is 38. The number of amides is 15. The minimum Gasteiger partial charge on any atom is -0.870 e. The Labute approximate surface area is 865 Å². The summed E-state index contributed by atoms with van der Waals surface area (Å²) >= 11 is 0. The van der Waals surface area contributed by atoms with Gasteiger partial charge in [0, 0.05) is 78.5 Å². The first kappa shape index (κ1) is 132. The molecule has 0 aromatic heterocycles. The third kappa shape index (κ3) is 38.7. The van der Waals surface area contributed by atoms with Gasteiger partial charge in [-0.2, -0.15) is 38.5 Å². The quantitative estimate of drug-likeness (QED) is 0.00436. The number of hydrogen-bond acceptors (Lipinski definition) is 22. The van der Waals surface area contributed by atoms with Crippen molar-refractivity contribution in [1.29, 1.82) is 0 Å². The van der Waals surface area contributed by atoms with E-state index in [1.807, 2.05) is 67.3 Å². The van der Waals surface area contributed by atoms with Crippen LogP contribution in [-0.4, -0.2) is 149 Å². The molecule has 658 valence electrons. The van der Waals surface area contributed by atoms with Crippen LogP contribution in [0.15, 0.2) is 59.7 Å². The normalized spacial score (nSPS) is 11.5. The van der Waals surface area contributed by atoms with Gasteiger partial charge in [-0.3, -0.25) is 52.1 Å². The molecule has 45 heteroatoms. The summed E-state index contributed by atoms with van der Waals surface area (Å²) in [5, 5.41) is 43.4. The van der Waals surface area contributed by atoms with Gasteiger partial charge in [0.05, 0.1) is 34.1 Å². The molecular weight excluding hydrogens is 1700 g/mol. The number of carbonyl (C=O) groups excluding carboxylic acids is 15. The van der Waals surface area contributed by atoms with Crippen molar-refractivity contribution in [1.82, 2.24) is 42.5 Å². The Morgan fingerprint density at radius 2 is 0.714 bits per heavy atom. The molecule has 0 aliphatic carbocycles. The van der Waals surface area contributed by atoms with Crippen LogP contribution >= 0.6 is 0 Å². The molecule has 0 radical (unpaired) electrons. The summed E-state index contributed by atoms with van der Waals surface area (Å²) in [5.74, 6) is -1.98. The number of nitrogens with one attached hydrogen (secondary N) is 14. The molecule has 1 aliphatic rings. The van der Waals surface area contributed by atoms with Gasteiger partial charge in [0.25, 0.3) is 17.7 Å². The minimum absolute atomic E-state index is 0. The van der Waals surface area contributed by atoms with Gasteiger partial charge in [-0.25, -0.2) is 28.8 Å². The second-order valence-corrected chi connectivity index (χ2v) is 26.9. The Hall–Kier alpha value is -6.78. The predicted molar refractivity (Wildman–Crippen MR) is 443 cm³/mol. The van der Waals surface area contributed by atoms with Crippen LogP contribution in [-0.2, 0) is 106 Å². The number of fused-ring (bicyclic) bond motifs is 6. The van der Waals surface area contributed by atoms with Gasteiger partial charge in [-0.15, -0.1) is 0 Å². The van der Waals surface area contributed by atoms with Crippen LogP contribution in [0.4, 0.5) is 62.9 Å². The number of benzene rings is 5. The zero-order valence-electron chi connectivity index (χ0n) is 74.0. The molecule has 0 fully saturated rings. The number of anilines is 6. The molecule has 126 heavy (non-hydrogen) atoms. The number of nitrogens with two attached hydrogens (primary N) is 1. The summed E-state index contributed by atoms with van der Waals surface area (Å²) in [7, 11) is 0. The molecule has 5 aromatic carbocycles. The molecule has 0 saturated heterocycles. The van der Waals surface area contributed by atoms with E-state index in [0.717, 1.165) is 33.4 Å². The molecule has 0 saturated carbocycles. The molecule has 39 nitrogen and oxygen atoms in total. The molecule has 0 atom stereocenters. The summed E-state index contributed by atoms with van der Waals surface area (Å²) in [6.07, 6.45) is 13.4. The van der Waals surface area contributed by atoms with E-state index in [-0.39, 0.29) is 384 Å². The summed E-state index contributed by atoms with van der Waals surface area (Å²) in [4.78, 5) is 200. The predicted octanol–water partition coefficient (Wildman–Crippen LogP) is -8.29. The fourth-order valence-electron chi connectivity index (χ4n) is 14.7. The van der Waals surface area contributed by atoms with E-state index in [4.69, 9.17) is 11.3 Å². The Balaban J connectivity index is -0.00000236. The van der Waals surface area contributed by atoms with Crippen molar-refractivity contribution in [2.45, 2.75) is 221 Å². The second-order valence-electron chi connectivity index (χ2n) is 26.9. The number of urea groups is 6. The molecular formula is C81H106N18Na6O21-6. The number of hydrogen-bond donors (Lipinski definition) is 15. The van der Waals surface area contributed by atoms with E-state index in [1.54, 1.807) is 18.9 Å². The van der Waals surface area contributed by atoms with Crippen molar-refractivity contribution < 1.29 is 282 Å². The summed E-state index contributed by atoms with van der Waals surface area (Å²) < 4.78 is 0. The van der Waals surface area contributed by atoms with Gasteiger partial charge >= 0.3 is 214 Å². The van der Waals surface area contributed by atoms with Gasteiger partial charge in [0.15, 0.2) is 0 Å². The van der Waals surface area contributed by atoms with Crippen LogP contribution < -0.4 is 258 Å². The van der Waals surface area contributed by atoms with E-state index < -0.39 is 65.0 Å². The van der Waals surface area contributed by atoms with Crippen molar-refractivity contribution in [3.05, 3.63) is 148 Å². The smallest absolute Gasteiger partial charge is 0.870 e. The second kappa shape index (κ2) is 69.2. The van der Waals surface area contributed by atoms with E-state index in [2.05, 4.69) is 84.5 Å². The van der Waals surface area contributed by atoms with Crippen molar-refractivity contribution in [3.8, 4) is 0 Å². The summed E-state index contributed by atoms with van der Waals surface area (Å²) in [5.41, 5.74) is 21.1. The van der Waals surface area contributed by atoms with Crippen LogP contribution in [0.1, 0.15) is 230 Å². The fourth-order valence-corrected chi connectivity index (χ4v) is 14.7. The van der Waals surface area contributed by atoms with Crippen LogP contribution in [0.3, 0.4) is 0 Å². The van der Waals surface area contributed by atoms with Gasteiger partial charge in [-0.05, 0) is 178 Å². The van der Waals surface area contributed by atoms with Gasteiger partial charge in [-0.1, -0.05) is 92.1 Å². The largest absolute Gasteiger partial charge is 1.00 e. The number of primary amides is 1. The molecule has 0 spiro atoms. The van der Waals surface area contributed by atoms with Crippen molar-refractivity contribution >= 4 is 126 Å². The maximum atomic E-state index is 14.8. The summed E-state index contributed by atoms with van der Waals surface area (Å²) in [6.45, 7) is 13.2. The molecule has 15 amide bonds. The third-order valence-electron chi connectivity index (χ3n) is 20.1. The van der Waals surface area contributed by atoms with Crippen LogP contribution in [0, 0.1) is 0 Å². The van der Waals surface area contributed by atoms with Gasteiger partial charge in [0.1, 0.15) is 0 Å². The van der Waals surface area contributed by atoms with E-state index in [0.29, 0.717) is 84.7 Å². The molecule has 22 N–H and O–H groups in total. The molecule has 1 aliphatic heterocycles. The Morgan fingerprint density at radius 1 is 0.405 bits per heavy atom. The zero-order chi connectivity index (χ0) is 83.3. The standard InChI is InChI=1S/C81H100N18O15.6Na.6H2O/c1-8-53-54(9-2)60-45-88-78(113)95-69-42-50(71(106)84-34-21-35-90-99-83)22-25-66(69)93-76(111)86-48-63-57(12-5)62(47-85-75(110)92-65-26-23-51(43-68(65)91-74(82)109)72(107)97-80(28-15-36-100,29-16-37-101)30-17-38-102)58(13-6)64(59(63)14-7)49-87-77(112)94-67-27-24-52(73(108)98-81(31-18-39-103,32-19-40-104)33-20-41-105)44-70(67)96-79(114)89-46-61(55(53)10-3)56(60)11-4;;;;;;;;;;;;/h22-27,42-44H,8-21,28-35,45-49H2,1-7H3,(H,84,106)(H,97,107)(H,98,108)(H3,82,91,109)(H2,85,92,110)(H2,86,93,111)(H2,87,94,112)(H2,88,95,113)(H2,89,96,114);;;;;;;6*1H2/q-6;6*+1;;;;;;/p-6. The van der Waals surface area contributed by atoms with E-state index >= 15 is 0 Å². The maximum Gasteiger partial charge on any atom is 1.00 e. The van der Waals surface area contributed by atoms with Gasteiger partial charge < -0.3 is 142 Å². The maximum absolute atomic E-state index is 14.8. The monoisotopic (exact) mass is 1800 g/mol. The fraction of sp³-hybridized carbons (Fsp3) is 0.444. The topological polar surface area (TPSA) is 679 Å². The summed E-state index contributed by atoms with van der Waals surface area (Å²) in [6, 6.07) is 7.39. The van der Waals surface area contributed by atoms with E-state index in [9.17, 15) is 71.9 Å². The van der Waals surface area contributed by atoms with Crippen molar-refractivity contribution in [3.63, 3.8) is 0 Å². The first-order valence-corrected chi connectivity index (χ1v) is 38.1. The van der Waals surface area contributed by atoms with Crippen LogP contribution in [0.5, 0.6) is 0 Å². The van der Waals surface area contributed by atoms with E-state index in [1.165, 1.54) is 54.6 Å². The van der Waals surface area contributed by atoms with Crippen molar-refractivity contribution in [2.24, 2.45) is 10.8 Å². The van der Waals surface area contributed by atoms with Crippen LogP contribution in [0.2, 0.25) is 0 Å².